The van der Waals surface area contributed by atoms with Gasteiger partial charge in [-0.25, -0.2) is 18.0 Å². The first-order valence-electron chi connectivity index (χ1n) is 9.92. The van der Waals surface area contributed by atoms with Crippen LogP contribution < -0.4 is 15.4 Å². The van der Waals surface area contributed by atoms with Crippen molar-refractivity contribution in [2.75, 3.05) is 29.6 Å². The van der Waals surface area contributed by atoms with E-state index in [1.54, 1.807) is 6.92 Å². The average molecular weight is 589 g/mol. The Morgan fingerprint density at radius 2 is 1.50 bits per heavy atom. The number of carbonyl (C=O) groups excluding carboxylic acids is 2. The lowest BCUT2D eigenvalue weighted by Crippen LogP contribution is -2.20. The number of rotatable bonds is 7. The van der Waals surface area contributed by atoms with Crippen LogP contribution >= 0.6 is 46.8 Å². The maximum absolute atomic E-state index is 12.7. The Bertz CT molecular complexity index is 1420. The summed E-state index contributed by atoms with van der Waals surface area (Å²) in [6, 6.07) is 10.1. The van der Waals surface area contributed by atoms with E-state index in [1.807, 2.05) is 0 Å². The maximum Gasteiger partial charge on any atom is 0.348 e. The maximum atomic E-state index is 12.7. The number of thiophene rings is 1. The zero-order chi connectivity index (χ0) is 26.6. The van der Waals surface area contributed by atoms with Crippen molar-refractivity contribution in [2.45, 2.75) is 11.8 Å². The summed E-state index contributed by atoms with van der Waals surface area (Å²) < 4.78 is 37.4. The topological polar surface area (TPSA) is 123 Å². The van der Waals surface area contributed by atoms with Gasteiger partial charge in [0.15, 0.2) is 5.11 Å². The third kappa shape index (κ3) is 6.45. The molecule has 0 saturated heterocycles. The summed E-state index contributed by atoms with van der Waals surface area (Å²) in [6.07, 6.45) is 0. The van der Waals surface area contributed by atoms with Crippen LogP contribution in [0.5, 0.6) is 0 Å². The molecule has 0 saturated carbocycles. The normalized spacial score (nSPS) is 10.9. The Kier molecular flexibility index (Phi) is 8.80. The highest BCUT2D eigenvalue weighted by molar-refractivity contribution is 7.92. The molecule has 0 atom stereocenters. The molecule has 1 aromatic heterocycles. The van der Waals surface area contributed by atoms with Crippen LogP contribution in [0.25, 0.3) is 0 Å². The summed E-state index contributed by atoms with van der Waals surface area (Å²) in [7, 11) is -1.44. The Balaban J connectivity index is 1.75. The van der Waals surface area contributed by atoms with E-state index in [0.717, 1.165) is 11.3 Å². The number of hydrogen-bond donors (Lipinski definition) is 3. The van der Waals surface area contributed by atoms with Gasteiger partial charge in [-0.05, 0) is 67.2 Å². The Morgan fingerprint density at radius 3 is 2.06 bits per heavy atom. The van der Waals surface area contributed by atoms with Crippen LogP contribution in [0.2, 0.25) is 10.0 Å². The molecule has 0 fully saturated rings. The molecular weight excluding hydrogens is 569 g/mol. The Hall–Kier alpha value is -2.90. The van der Waals surface area contributed by atoms with Gasteiger partial charge in [0.05, 0.1) is 30.4 Å². The molecule has 1 heterocycles. The number of thiocarbonyl (C=S) groups is 1. The van der Waals surface area contributed by atoms with Crippen LogP contribution in [0.1, 0.15) is 25.6 Å². The number of sulfonamides is 1. The minimum absolute atomic E-state index is 0.00685. The van der Waals surface area contributed by atoms with Gasteiger partial charge < -0.3 is 20.1 Å². The monoisotopic (exact) mass is 587 g/mol. The molecular formula is C22H19Cl2N3O6S3. The van der Waals surface area contributed by atoms with Gasteiger partial charge in [0.2, 0.25) is 0 Å². The zero-order valence-electron chi connectivity index (χ0n) is 19.0. The van der Waals surface area contributed by atoms with Crippen molar-refractivity contribution >= 4 is 90.2 Å². The molecule has 190 valence electrons. The van der Waals surface area contributed by atoms with Gasteiger partial charge >= 0.3 is 11.9 Å². The zero-order valence-corrected chi connectivity index (χ0v) is 22.9. The van der Waals surface area contributed by atoms with Crippen molar-refractivity contribution in [1.29, 1.82) is 0 Å². The van der Waals surface area contributed by atoms with Crippen LogP contribution in [-0.4, -0.2) is 39.7 Å². The molecule has 0 radical (unpaired) electrons. The number of esters is 2. The van der Waals surface area contributed by atoms with Gasteiger partial charge in [-0.3, -0.25) is 4.72 Å². The first kappa shape index (κ1) is 27.7. The molecule has 36 heavy (non-hydrogen) atoms. The van der Waals surface area contributed by atoms with Gasteiger partial charge in [-0.1, -0.05) is 23.2 Å². The quantitative estimate of drug-likeness (QED) is 0.241. The SMILES string of the molecule is COC(=O)c1sc(NC(=S)Nc2ccc(S(=O)(=O)Nc3cc(Cl)cc(Cl)c3)cc2)c(C(=O)OC)c1C. The van der Waals surface area contributed by atoms with E-state index in [0.29, 0.717) is 16.3 Å². The molecule has 0 spiro atoms. The average Bonchev–Trinajstić information content (AvgIpc) is 3.12. The minimum atomic E-state index is -3.91. The molecule has 0 aliphatic heterocycles. The van der Waals surface area contributed by atoms with E-state index >= 15 is 0 Å². The Morgan fingerprint density at radius 1 is 0.917 bits per heavy atom. The van der Waals surface area contributed by atoms with Crippen molar-refractivity contribution in [2.24, 2.45) is 0 Å². The van der Waals surface area contributed by atoms with Crippen LogP contribution in [0.15, 0.2) is 47.4 Å². The van der Waals surface area contributed by atoms with Crippen LogP contribution in [-0.2, 0) is 19.5 Å². The largest absolute Gasteiger partial charge is 0.465 e. The second-order valence-electron chi connectivity index (χ2n) is 7.11. The van der Waals surface area contributed by atoms with E-state index in [1.165, 1.54) is 56.7 Å². The first-order valence-corrected chi connectivity index (χ1v) is 13.4. The summed E-state index contributed by atoms with van der Waals surface area (Å²) in [5.74, 6) is -1.24. The predicted molar refractivity (Wildman–Crippen MR) is 145 cm³/mol. The van der Waals surface area contributed by atoms with Gasteiger partial charge in [0.1, 0.15) is 9.88 Å². The summed E-state index contributed by atoms with van der Waals surface area (Å²) in [5, 5.41) is 6.74. The number of carbonyl (C=O) groups is 2. The second kappa shape index (κ2) is 11.4. The van der Waals surface area contributed by atoms with E-state index < -0.39 is 22.0 Å². The van der Waals surface area contributed by atoms with Crippen LogP contribution in [0.4, 0.5) is 16.4 Å². The van der Waals surface area contributed by atoms with Gasteiger partial charge in [-0.2, -0.15) is 0 Å². The van der Waals surface area contributed by atoms with E-state index in [-0.39, 0.29) is 36.2 Å². The van der Waals surface area contributed by atoms with Crippen molar-refractivity contribution in [1.82, 2.24) is 0 Å². The van der Waals surface area contributed by atoms with Crippen molar-refractivity contribution in [3.63, 3.8) is 0 Å². The molecule has 3 N–H and O–H groups in total. The number of anilines is 3. The van der Waals surface area contributed by atoms with Crippen molar-refractivity contribution in [3.05, 3.63) is 68.5 Å². The fraction of sp³-hybridized carbons (Fsp3) is 0.136. The number of benzene rings is 2. The molecule has 0 unspecified atom stereocenters. The van der Waals surface area contributed by atoms with E-state index in [4.69, 9.17) is 44.9 Å². The fourth-order valence-electron chi connectivity index (χ4n) is 3.05. The van der Waals surface area contributed by atoms with E-state index in [9.17, 15) is 18.0 Å². The lowest BCUT2D eigenvalue weighted by Gasteiger charge is -2.12. The lowest BCUT2D eigenvalue weighted by atomic mass is 10.1. The number of ether oxygens (including phenoxy) is 2. The molecule has 0 aliphatic carbocycles. The second-order valence-corrected chi connectivity index (χ2v) is 11.1. The number of nitrogens with one attached hydrogen (secondary N) is 3. The lowest BCUT2D eigenvalue weighted by molar-refractivity contribution is 0.0601. The third-order valence-corrected chi connectivity index (χ3v) is 7.90. The molecule has 0 aliphatic rings. The fourth-order valence-corrected chi connectivity index (χ4v) is 6.01. The Labute approximate surface area is 226 Å². The summed E-state index contributed by atoms with van der Waals surface area (Å²) in [4.78, 5) is 24.5. The van der Waals surface area contributed by atoms with Gasteiger partial charge in [0.25, 0.3) is 10.0 Å². The summed E-state index contributed by atoms with van der Waals surface area (Å²) >= 11 is 18.2. The molecule has 9 nitrogen and oxygen atoms in total. The van der Waals surface area contributed by atoms with Crippen LogP contribution in [0, 0.1) is 6.92 Å². The van der Waals surface area contributed by atoms with Gasteiger partial charge in [-0.15, -0.1) is 11.3 Å². The highest BCUT2D eigenvalue weighted by atomic mass is 35.5. The third-order valence-electron chi connectivity index (χ3n) is 4.67. The van der Waals surface area contributed by atoms with Crippen LogP contribution in [0.3, 0.4) is 0 Å². The molecule has 3 rings (SSSR count). The number of halogens is 2. The summed E-state index contributed by atoms with van der Waals surface area (Å²) in [6.45, 7) is 1.60. The molecule has 0 bridgehead atoms. The van der Waals surface area contributed by atoms with Gasteiger partial charge in [0, 0.05) is 15.7 Å². The molecule has 0 amide bonds. The number of methoxy groups -OCH3 is 2. The highest BCUT2D eigenvalue weighted by Crippen LogP contribution is 2.34. The molecule has 14 heteroatoms. The van der Waals surface area contributed by atoms with E-state index in [2.05, 4.69) is 15.4 Å². The van der Waals surface area contributed by atoms with Crippen molar-refractivity contribution in [3.8, 4) is 0 Å². The standard InChI is InChI=1S/C22H19Cl2N3O6S3/c1-11-17(20(28)32-2)19(35-18(11)21(29)33-3)26-22(34)25-14-4-6-16(7-5-14)36(30,31)27-15-9-12(23)8-13(24)10-15/h4-10,27H,1-3H3,(H2,25,26,34). The minimum Gasteiger partial charge on any atom is -0.465 e. The number of hydrogen-bond acceptors (Lipinski definition) is 8. The first-order chi connectivity index (χ1) is 16.9. The smallest absolute Gasteiger partial charge is 0.348 e. The highest BCUT2D eigenvalue weighted by Gasteiger charge is 2.26. The molecule has 3 aromatic rings. The van der Waals surface area contributed by atoms with Crippen molar-refractivity contribution < 1.29 is 27.5 Å². The molecule has 2 aromatic carbocycles. The summed E-state index contributed by atoms with van der Waals surface area (Å²) in [5.41, 5.74) is 1.24. The predicted octanol–water partition coefficient (Wildman–Crippen LogP) is 5.55.